The maximum Gasteiger partial charge on any atom is 0.274 e. The van der Waals surface area contributed by atoms with Gasteiger partial charge < -0.3 is 11.1 Å². The zero-order valence-corrected chi connectivity index (χ0v) is 17.5. The number of aromatic nitrogens is 3. The SMILES string of the molecule is CCc1c(C(=O)NC2C3CCCC2CC(N)C3)nnn1-c1cccc(Cl)c1.Cl. The summed E-state index contributed by atoms with van der Waals surface area (Å²) in [7, 11) is 0. The Morgan fingerprint density at radius 3 is 2.68 bits per heavy atom. The average molecular weight is 424 g/mol. The quantitative estimate of drug-likeness (QED) is 0.786. The van der Waals surface area contributed by atoms with E-state index in [1.807, 2.05) is 31.2 Å². The molecule has 2 aromatic rings. The number of amides is 1. The van der Waals surface area contributed by atoms with Gasteiger partial charge in [0.15, 0.2) is 5.69 Å². The molecule has 1 heterocycles. The van der Waals surface area contributed by atoms with Crippen molar-refractivity contribution in [3.63, 3.8) is 0 Å². The van der Waals surface area contributed by atoms with E-state index in [2.05, 4.69) is 15.6 Å². The minimum atomic E-state index is -0.127. The van der Waals surface area contributed by atoms with E-state index < -0.39 is 0 Å². The molecule has 0 saturated heterocycles. The topological polar surface area (TPSA) is 85.8 Å². The molecule has 2 saturated carbocycles. The second-order valence-corrected chi connectivity index (χ2v) is 8.25. The van der Waals surface area contributed by atoms with Gasteiger partial charge in [-0.1, -0.05) is 36.2 Å². The van der Waals surface area contributed by atoms with Crippen LogP contribution in [0.3, 0.4) is 0 Å². The minimum Gasteiger partial charge on any atom is -0.347 e. The number of carbonyl (C=O) groups is 1. The van der Waals surface area contributed by atoms with Crippen molar-refractivity contribution in [1.29, 1.82) is 0 Å². The fourth-order valence-electron chi connectivity index (χ4n) is 4.86. The number of nitrogens with two attached hydrogens (primary N) is 1. The molecule has 2 atom stereocenters. The van der Waals surface area contributed by atoms with E-state index in [0.29, 0.717) is 29.0 Å². The monoisotopic (exact) mass is 423 g/mol. The van der Waals surface area contributed by atoms with Gasteiger partial charge in [-0.3, -0.25) is 4.79 Å². The second kappa shape index (κ2) is 8.80. The zero-order chi connectivity index (χ0) is 19.0. The summed E-state index contributed by atoms with van der Waals surface area (Å²) in [6, 6.07) is 7.88. The molecule has 2 bridgehead atoms. The zero-order valence-electron chi connectivity index (χ0n) is 16.0. The number of fused-ring (bicyclic) bond motifs is 2. The number of benzene rings is 1. The average Bonchev–Trinajstić information content (AvgIpc) is 3.06. The highest BCUT2D eigenvalue weighted by Crippen LogP contribution is 2.39. The van der Waals surface area contributed by atoms with Gasteiger partial charge in [-0.25, -0.2) is 4.68 Å². The van der Waals surface area contributed by atoms with Gasteiger partial charge in [0.1, 0.15) is 0 Å². The molecule has 2 unspecified atom stereocenters. The molecule has 4 rings (SSSR count). The van der Waals surface area contributed by atoms with Crippen LogP contribution in [-0.4, -0.2) is 33.0 Å². The van der Waals surface area contributed by atoms with Crippen LogP contribution in [0.4, 0.5) is 0 Å². The Hall–Kier alpha value is -1.63. The number of hydrogen-bond acceptors (Lipinski definition) is 4. The van der Waals surface area contributed by atoms with Crippen LogP contribution in [0.2, 0.25) is 5.02 Å². The van der Waals surface area contributed by atoms with Gasteiger partial charge in [-0.15, -0.1) is 17.5 Å². The van der Waals surface area contributed by atoms with E-state index in [9.17, 15) is 4.79 Å². The lowest BCUT2D eigenvalue weighted by molar-refractivity contribution is 0.0750. The van der Waals surface area contributed by atoms with E-state index in [1.54, 1.807) is 4.68 Å². The Kier molecular flexibility index (Phi) is 6.63. The third-order valence-electron chi connectivity index (χ3n) is 6.04. The third-order valence-corrected chi connectivity index (χ3v) is 6.28. The van der Waals surface area contributed by atoms with Crippen LogP contribution in [0.5, 0.6) is 0 Å². The summed E-state index contributed by atoms with van der Waals surface area (Å²) in [4.78, 5) is 13.0. The van der Waals surface area contributed by atoms with Gasteiger partial charge >= 0.3 is 0 Å². The lowest BCUT2D eigenvalue weighted by atomic mass is 9.67. The van der Waals surface area contributed by atoms with Gasteiger partial charge in [0.2, 0.25) is 0 Å². The molecule has 2 aliphatic carbocycles. The van der Waals surface area contributed by atoms with Crippen molar-refractivity contribution in [2.45, 2.75) is 57.5 Å². The van der Waals surface area contributed by atoms with Crippen molar-refractivity contribution in [2.24, 2.45) is 17.6 Å². The molecule has 0 aliphatic heterocycles. The summed E-state index contributed by atoms with van der Waals surface area (Å²) in [6.45, 7) is 2.00. The number of nitrogens with one attached hydrogen (secondary N) is 1. The van der Waals surface area contributed by atoms with Crippen molar-refractivity contribution >= 4 is 29.9 Å². The van der Waals surface area contributed by atoms with Crippen molar-refractivity contribution in [3.8, 4) is 5.69 Å². The summed E-state index contributed by atoms with van der Waals surface area (Å²) in [5.74, 6) is 0.825. The molecule has 1 aromatic heterocycles. The molecule has 8 heteroatoms. The number of halogens is 2. The Balaban J connectivity index is 0.00000225. The molecule has 0 spiro atoms. The third kappa shape index (κ3) is 4.04. The van der Waals surface area contributed by atoms with E-state index in [4.69, 9.17) is 17.3 Å². The molecule has 2 aliphatic rings. The molecule has 1 amide bonds. The number of carbonyl (C=O) groups excluding carboxylic acids is 1. The van der Waals surface area contributed by atoms with Crippen LogP contribution in [0.25, 0.3) is 5.69 Å². The Morgan fingerprint density at radius 1 is 1.32 bits per heavy atom. The predicted octanol–water partition coefficient (Wildman–Crippen LogP) is 3.54. The van der Waals surface area contributed by atoms with Gasteiger partial charge in [0, 0.05) is 17.1 Å². The molecule has 152 valence electrons. The van der Waals surface area contributed by atoms with Crippen LogP contribution in [0, 0.1) is 11.8 Å². The van der Waals surface area contributed by atoms with Crippen molar-refractivity contribution < 1.29 is 4.79 Å². The van der Waals surface area contributed by atoms with Crippen molar-refractivity contribution in [2.75, 3.05) is 0 Å². The predicted molar refractivity (Wildman–Crippen MR) is 112 cm³/mol. The van der Waals surface area contributed by atoms with E-state index >= 15 is 0 Å². The Bertz CT molecular complexity index is 826. The van der Waals surface area contributed by atoms with Crippen LogP contribution in [0.1, 0.15) is 55.2 Å². The van der Waals surface area contributed by atoms with Gasteiger partial charge in [-0.2, -0.15) is 0 Å². The molecule has 3 N–H and O–H groups in total. The minimum absolute atomic E-state index is 0. The van der Waals surface area contributed by atoms with E-state index in [1.165, 1.54) is 6.42 Å². The maximum atomic E-state index is 13.0. The molecule has 6 nitrogen and oxygen atoms in total. The van der Waals surface area contributed by atoms with Crippen molar-refractivity contribution in [3.05, 3.63) is 40.7 Å². The summed E-state index contributed by atoms with van der Waals surface area (Å²) in [5.41, 5.74) is 8.22. The van der Waals surface area contributed by atoms with Crippen LogP contribution >= 0.6 is 24.0 Å². The number of nitrogens with zero attached hydrogens (tertiary/aromatic N) is 3. The lowest BCUT2D eigenvalue weighted by Gasteiger charge is -2.45. The number of rotatable bonds is 4. The maximum absolute atomic E-state index is 13.0. The van der Waals surface area contributed by atoms with Gasteiger partial charge in [0.05, 0.1) is 11.4 Å². The van der Waals surface area contributed by atoms with E-state index in [-0.39, 0.29) is 30.4 Å². The second-order valence-electron chi connectivity index (χ2n) is 7.81. The lowest BCUT2D eigenvalue weighted by Crippen LogP contribution is -2.53. The van der Waals surface area contributed by atoms with Crippen LogP contribution < -0.4 is 11.1 Å². The summed E-state index contributed by atoms with van der Waals surface area (Å²) in [6.07, 6.45) is 6.18. The van der Waals surface area contributed by atoms with Crippen molar-refractivity contribution in [1.82, 2.24) is 20.3 Å². The fourth-order valence-corrected chi connectivity index (χ4v) is 5.04. The van der Waals surface area contributed by atoms with Gasteiger partial charge in [0.25, 0.3) is 5.91 Å². The first-order chi connectivity index (χ1) is 13.1. The van der Waals surface area contributed by atoms with Gasteiger partial charge in [-0.05, 0) is 62.1 Å². The Morgan fingerprint density at radius 2 is 2.04 bits per heavy atom. The summed E-state index contributed by atoms with van der Waals surface area (Å²) < 4.78 is 1.71. The largest absolute Gasteiger partial charge is 0.347 e. The highest BCUT2D eigenvalue weighted by molar-refractivity contribution is 6.30. The number of hydrogen-bond donors (Lipinski definition) is 2. The van der Waals surface area contributed by atoms with Crippen LogP contribution in [0.15, 0.2) is 24.3 Å². The smallest absolute Gasteiger partial charge is 0.274 e. The highest BCUT2D eigenvalue weighted by Gasteiger charge is 2.40. The summed E-state index contributed by atoms with van der Waals surface area (Å²) in [5, 5.41) is 12.3. The summed E-state index contributed by atoms with van der Waals surface area (Å²) >= 11 is 6.10. The molecule has 0 radical (unpaired) electrons. The Labute approximate surface area is 176 Å². The fraction of sp³-hybridized carbons (Fsp3) is 0.550. The normalized spacial score (nSPS) is 26.4. The molecule has 2 fully saturated rings. The van der Waals surface area contributed by atoms with E-state index in [0.717, 1.165) is 37.1 Å². The molecular weight excluding hydrogens is 397 g/mol. The molecular formula is C20H27Cl2N5O. The first kappa shape index (κ1) is 21.1. The first-order valence-electron chi connectivity index (χ1n) is 9.83. The highest BCUT2D eigenvalue weighted by atomic mass is 35.5. The molecule has 1 aromatic carbocycles. The standard InChI is InChI=1S/C20H26ClN5O.ClH/c1-2-17-19(24-25-26(17)16-8-4-7-14(21)11-16)20(27)23-18-12-5-3-6-13(18)10-15(22)9-12;/h4,7-8,11-13,15,18H,2-3,5-6,9-10,22H2,1H3,(H,23,27);1H. The first-order valence-corrected chi connectivity index (χ1v) is 10.2. The molecule has 28 heavy (non-hydrogen) atoms. The van der Waals surface area contributed by atoms with Crippen LogP contribution in [-0.2, 0) is 6.42 Å².